The molecular weight excluding hydrogens is 196 g/mol. The predicted molar refractivity (Wildman–Crippen MR) is 65.9 cm³/mol. The third-order valence-corrected chi connectivity index (χ3v) is 2.42. The van der Waals surface area contributed by atoms with Crippen molar-refractivity contribution in [3.63, 3.8) is 0 Å². The van der Waals surface area contributed by atoms with Crippen LogP contribution in [0.1, 0.15) is 31.7 Å². The lowest BCUT2D eigenvalue weighted by atomic mass is 10.1. The van der Waals surface area contributed by atoms with Gasteiger partial charge in [0.25, 0.3) is 0 Å². The molecule has 0 unspecified atom stereocenters. The molecule has 0 spiro atoms. The van der Waals surface area contributed by atoms with Gasteiger partial charge in [0, 0.05) is 11.8 Å². The quantitative estimate of drug-likeness (QED) is 0.562. The molecule has 1 aromatic carbocycles. The van der Waals surface area contributed by atoms with Crippen molar-refractivity contribution in [3.8, 4) is 11.8 Å². The zero-order chi connectivity index (χ0) is 11.2. The molecule has 0 aliphatic carbocycles. The molecule has 2 heteroatoms. The summed E-state index contributed by atoms with van der Waals surface area (Å²) in [6, 6.07) is 7.96. The highest BCUT2D eigenvalue weighted by Crippen LogP contribution is 2.13. The number of hydrogen-bond donors (Lipinski definition) is 0. The van der Waals surface area contributed by atoms with Crippen molar-refractivity contribution in [2.24, 2.45) is 0 Å². The maximum Gasteiger partial charge on any atom is 0.0942 e. The molecule has 0 bridgehead atoms. The fourth-order valence-electron chi connectivity index (χ4n) is 1.53. The average Bonchev–Trinajstić information content (AvgIpc) is 2.35. The van der Waals surface area contributed by atoms with E-state index in [0.29, 0.717) is 0 Å². The molecule has 16 heavy (non-hydrogen) atoms. The fourth-order valence-corrected chi connectivity index (χ4v) is 1.53. The van der Waals surface area contributed by atoms with Gasteiger partial charge in [0.05, 0.1) is 17.3 Å². The molecule has 0 aliphatic heterocycles. The van der Waals surface area contributed by atoms with Crippen molar-refractivity contribution in [3.05, 3.63) is 36.0 Å². The second-order valence-corrected chi connectivity index (χ2v) is 3.68. The summed E-state index contributed by atoms with van der Waals surface area (Å²) in [5.74, 6) is 6.35. The molecule has 1 aromatic heterocycles. The van der Waals surface area contributed by atoms with E-state index < -0.39 is 0 Å². The van der Waals surface area contributed by atoms with Crippen molar-refractivity contribution in [2.75, 3.05) is 0 Å². The van der Waals surface area contributed by atoms with Crippen LogP contribution in [-0.4, -0.2) is 10.2 Å². The monoisotopic (exact) mass is 210 g/mol. The Labute approximate surface area is 95.7 Å². The average molecular weight is 210 g/mol. The smallest absolute Gasteiger partial charge is 0.0942 e. The molecule has 2 aromatic rings. The van der Waals surface area contributed by atoms with Gasteiger partial charge in [-0.25, -0.2) is 0 Å². The van der Waals surface area contributed by atoms with E-state index in [1.807, 2.05) is 24.3 Å². The van der Waals surface area contributed by atoms with Crippen LogP contribution in [0.25, 0.3) is 10.9 Å². The minimum absolute atomic E-state index is 0.907. The molecule has 2 rings (SSSR count). The predicted octanol–water partition coefficient (Wildman–Crippen LogP) is 3.17. The minimum Gasteiger partial charge on any atom is -0.157 e. The summed E-state index contributed by atoms with van der Waals surface area (Å²) >= 11 is 0. The molecular formula is C14H14N2. The van der Waals surface area contributed by atoms with Crippen LogP contribution in [0.2, 0.25) is 0 Å². The van der Waals surface area contributed by atoms with E-state index in [2.05, 4.69) is 29.0 Å². The Hall–Kier alpha value is -1.88. The van der Waals surface area contributed by atoms with E-state index in [9.17, 15) is 0 Å². The minimum atomic E-state index is 0.907. The Balaban J connectivity index is 2.32. The van der Waals surface area contributed by atoms with E-state index >= 15 is 0 Å². The van der Waals surface area contributed by atoms with Crippen molar-refractivity contribution in [1.29, 1.82) is 0 Å². The molecule has 0 saturated heterocycles. The van der Waals surface area contributed by atoms with Gasteiger partial charge in [0.1, 0.15) is 0 Å². The Bertz CT molecular complexity index is 530. The van der Waals surface area contributed by atoms with E-state index in [1.54, 1.807) is 6.20 Å². The lowest BCUT2D eigenvalue weighted by Gasteiger charge is -1.97. The molecule has 2 nitrogen and oxygen atoms in total. The molecule has 0 atom stereocenters. The van der Waals surface area contributed by atoms with Crippen LogP contribution >= 0.6 is 0 Å². The van der Waals surface area contributed by atoms with Crippen LogP contribution in [0.15, 0.2) is 30.5 Å². The summed E-state index contributed by atoms with van der Waals surface area (Å²) in [4.78, 5) is 0. The van der Waals surface area contributed by atoms with Crippen molar-refractivity contribution < 1.29 is 0 Å². The number of fused-ring (bicyclic) bond motifs is 1. The molecule has 1 heterocycles. The number of aromatic nitrogens is 2. The fraction of sp³-hybridized carbons (Fsp3) is 0.286. The molecule has 0 saturated carbocycles. The van der Waals surface area contributed by atoms with Gasteiger partial charge in [-0.3, -0.25) is 0 Å². The Kier molecular flexibility index (Phi) is 3.50. The SMILES string of the molecule is CCCCC#Cc1cnnc2ccccc12. The summed E-state index contributed by atoms with van der Waals surface area (Å²) in [5.41, 5.74) is 1.88. The van der Waals surface area contributed by atoms with Gasteiger partial charge in [0.2, 0.25) is 0 Å². The van der Waals surface area contributed by atoms with Crippen molar-refractivity contribution in [1.82, 2.24) is 10.2 Å². The molecule has 0 fully saturated rings. The van der Waals surface area contributed by atoms with Gasteiger partial charge in [-0.1, -0.05) is 43.4 Å². The molecule has 0 aliphatic rings. The van der Waals surface area contributed by atoms with Gasteiger partial charge >= 0.3 is 0 Å². The van der Waals surface area contributed by atoms with Gasteiger partial charge in [-0.05, 0) is 12.5 Å². The first-order valence-electron chi connectivity index (χ1n) is 5.61. The zero-order valence-electron chi connectivity index (χ0n) is 9.40. The molecule has 80 valence electrons. The number of rotatable bonds is 2. The molecule has 0 amide bonds. The number of unbranched alkanes of at least 4 members (excludes halogenated alkanes) is 2. The molecule has 0 radical (unpaired) electrons. The second-order valence-electron chi connectivity index (χ2n) is 3.68. The van der Waals surface area contributed by atoms with Gasteiger partial charge in [-0.15, -0.1) is 0 Å². The van der Waals surface area contributed by atoms with Crippen molar-refractivity contribution >= 4 is 10.9 Å². The van der Waals surface area contributed by atoms with Crippen LogP contribution in [0.5, 0.6) is 0 Å². The van der Waals surface area contributed by atoms with Gasteiger partial charge < -0.3 is 0 Å². The first-order chi connectivity index (χ1) is 7.92. The Morgan fingerprint density at radius 2 is 2.12 bits per heavy atom. The van der Waals surface area contributed by atoms with Crippen molar-refractivity contribution in [2.45, 2.75) is 26.2 Å². The van der Waals surface area contributed by atoms with Gasteiger partial charge in [-0.2, -0.15) is 10.2 Å². The number of hydrogen-bond acceptors (Lipinski definition) is 2. The van der Waals surface area contributed by atoms with Crippen LogP contribution in [0.3, 0.4) is 0 Å². The van der Waals surface area contributed by atoms with Crippen LogP contribution < -0.4 is 0 Å². The van der Waals surface area contributed by atoms with E-state index in [4.69, 9.17) is 0 Å². The highest BCUT2D eigenvalue weighted by Gasteiger charge is 1.98. The van der Waals surface area contributed by atoms with Gasteiger partial charge in [0.15, 0.2) is 0 Å². The highest BCUT2D eigenvalue weighted by atomic mass is 15.1. The topological polar surface area (TPSA) is 25.8 Å². The maximum atomic E-state index is 4.07. The Morgan fingerprint density at radius 3 is 3.00 bits per heavy atom. The maximum absolute atomic E-state index is 4.07. The largest absolute Gasteiger partial charge is 0.157 e. The third-order valence-electron chi connectivity index (χ3n) is 2.42. The standard InChI is InChI=1S/C14H14N2/c1-2-3-4-5-8-12-11-15-16-14-10-7-6-9-13(12)14/h6-7,9-11H,2-4H2,1H3. The number of nitrogens with zero attached hydrogens (tertiary/aromatic N) is 2. The summed E-state index contributed by atoms with van der Waals surface area (Å²) in [7, 11) is 0. The summed E-state index contributed by atoms with van der Waals surface area (Å²) in [6.45, 7) is 2.17. The summed E-state index contributed by atoms with van der Waals surface area (Å²) in [6.07, 6.45) is 5.03. The van der Waals surface area contributed by atoms with Crippen LogP contribution in [0.4, 0.5) is 0 Å². The summed E-state index contributed by atoms with van der Waals surface area (Å²) < 4.78 is 0. The van der Waals surface area contributed by atoms with E-state index in [1.165, 1.54) is 6.42 Å². The summed E-state index contributed by atoms with van der Waals surface area (Å²) in [5, 5.41) is 9.11. The highest BCUT2D eigenvalue weighted by molar-refractivity contribution is 5.83. The third kappa shape index (κ3) is 2.38. The zero-order valence-corrected chi connectivity index (χ0v) is 9.40. The first kappa shape index (κ1) is 10.6. The lowest BCUT2D eigenvalue weighted by molar-refractivity contribution is 0.828. The second kappa shape index (κ2) is 5.27. The normalized spacial score (nSPS) is 9.81. The lowest BCUT2D eigenvalue weighted by Crippen LogP contribution is -1.87. The first-order valence-corrected chi connectivity index (χ1v) is 5.61. The number of benzene rings is 1. The Morgan fingerprint density at radius 1 is 1.25 bits per heavy atom. The van der Waals surface area contributed by atoms with E-state index in [-0.39, 0.29) is 0 Å². The van der Waals surface area contributed by atoms with Crippen LogP contribution in [-0.2, 0) is 0 Å². The van der Waals surface area contributed by atoms with E-state index in [0.717, 1.165) is 29.3 Å². The molecule has 0 N–H and O–H groups in total. The van der Waals surface area contributed by atoms with Crippen LogP contribution in [0, 0.1) is 11.8 Å².